The van der Waals surface area contributed by atoms with Gasteiger partial charge in [-0.3, -0.25) is 0 Å². The maximum atomic E-state index is 2.71. The molecule has 2 aromatic carbocycles. The topological polar surface area (TPSA) is 0 Å². The molecule has 0 nitrogen and oxygen atoms in total. The molecule has 0 aliphatic heterocycles. The normalized spacial score (nSPS) is 12.5. The minimum Gasteiger partial charge on any atom is -1.00 e. The maximum Gasteiger partial charge on any atom is -1.00 e. The van der Waals surface area contributed by atoms with E-state index >= 15 is 0 Å². The van der Waals surface area contributed by atoms with Gasteiger partial charge < -0.3 is 24.8 Å². The Morgan fingerprint density at radius 2 is 1.40 bits per heavy atom. The van der Waals surface area contributed by atoms with Crippen molar-refractivity contribution in [1.29, 1.82) is 0 Å². The van der Waals surface area contributed by atoms with E-state index in [4.69, 9.17) is 0 Å². The zero-order chi connectivity index (χ0) is 16.4. The molecule has 4 heteroatoms. The van der Waals surface area contributed by atoms with Gasteiger partial charge in [-0.25, -0.2) is 0 Å². The van der Waals surface area contributed by atoms with Gasteiger partial charge in [0, 0.05) is 0 Å². The van der Waals surface area contributed by atoms with E-state index in [1.807, 2.05) is 0 Å². The molecule has 0 N–H and O–H groups in total. The van der Waals surface area contributed by atoms with Gasteiger partial charge in [0.05, 0.1) is 0 Å². The largest absolute Gasteiger partial charge is 1.00 e. The molecule has 0 atom stereocenters. The van der Waals surface area contributed by atoms with Crippen molar-refractivity contribution in [3.8, 4) is 11.1 Å². The van der Waals surface area contributed by atoms with Crippen LogP contribution in [0.5, 0.6) is 0 Å². The Labute approximate surface area is 172 Å². The molecule has 2 aromatic rings. The Kier molecular flexibility index (Phi) is 9.12. The summed E-state index contributed by atoms with van der Waals surface area (Å²) < 4.78 is 3.41. The van der Waals surface area contributed by atoms with Crippen LogP contribution >= 0.6 is 0 Å². The summed E-state index contributed by atoms with van der Waals surface area (Å²) in [5.41, 5.74) is 7.35. The number of rotatable bonds is 3. The third kappa shape index (κ3) is 4.66. The van der Waals surface area contributed by atoms with E-state index in [0.717, 1.165) is 0 Å². The average molecular weight is 467 g/mol. The summed E-state index contributed by atoms with van der Waals surface area (Å²) in [4.78, 5) is 0. The van der Waals surface area contributed by atoms with Crippen molar-refractivity contribution in [2.24, 2.45) is 0 Å². The second kappa shape index (κ2) is 10.1. The zero-order valence-corrected chi connectivity index (χ0v) is 20.2. The molecule has 0 amide bonds. The molecule has 0 unspecified atom stereocenters. The Morgan fingerprint density at radius 1 is 0.920 bits per heavy atom. The zero-order valence-electron chi connectivity index (χ0n) is 15.2. The van der Waals surface area contributed by atoms with Gasteiger partial charge in [0.2, 0.25) is 0 Å². The van der Waals surface area contributed by atoms with Crippen LogP contribution in [0, 0.1) is 0 Å². The molecule has 0 radical (unpaired) electrons. The maximum absolute atomic E-state index is 2.71. The van der Waals surface area contributed by atoms with Crippen LogP contribution in [-0.2, 0) is 20.4 Å². The van der Waals surface area contributed by atoms with Gasteiger partial charge in [-0.05, 0) is 0 Å². The molecular formula is C21H24Cl2SiZr. The van der Waals surface area contributed by atoms with Gasteiger partial charge in [-0.1, -0.05) is 0 Å². The molecule has 130 valence electrons. The van der Waals surface area contributed by atoms with Crippen LogP contribution in [0.2, 0.25) is 13.1 Å². The number of halogens is 2. The van der Waals surface area contributed by atoms with Crippen molar-refractivity contribution in [3.05, 3.63) is 81.2 Å². The monoisotopic (exact) mass is 464 g/mol. The first-order valence-electron chi connectivity index (χ1n) is 8.30. The molecule has 1 aliphatic rings. The number of hydrogen-bond acceptors (Lipinski definition) is 0. The molecule has 25 heavy (non-hydrogen) atoms. The second-order valence-electron chi connectivity index (χ2n) is 6.45. The van der Waals surface area contributed by atoms with E-state index in [-0.39, 0.29) is 30.2 Å². The standard InChI is InChI=1S/C13H9.C6H9.C2H6Si.2ClH.Zr/c1-3-7-12-10(5-1)9-11-6-2-4-8-13(11)12;1-4-5-6(2)3;1-3-2;;;/h1-9H;2,4-5H,1,3H3;1-2H3;2*1H;/q;;;;;+2/p-2. The second-order valence-corrected chi connectivity index (χ2v) is 23.6. The SMILES string of the molecule is CC=CC(C)=[CH][Zr+2]([CH]1c2ccccc2-c2ccccc21)=[Si](C)C.[Cl-].[Cl-]. The van der Waals surface area contributed by atoms with Crippen molar-refractivity contribution in [2.75, 3.05) is 0 Å². The van der Waals surface area contributed by atoms with E-state index in [9.17, 15) is 0 Å². The van der Waals surface area contributed by atoms with Gasteiger partial charge in [0.1, 0.15) is 0 Å². The van der Waals surface area contributed by atoms with Gasteiger partial charge in [0.25, 0.3) is 0 Å². The number of allylic oxidation sites excluding steroid dienone is 3. The summed E-state index contributed by atoms with van der Waals surface area (Å²) in [5.74, 6) is 0. The number of fused-ring (bicyclic) bond motifs is 3. The first kappa shape index (κ1) is 22.6. The van der Waals surface area contributed by atoms with E-state index < -0.39 is 20.4 Å². The molecular weight excluding hydrogens is 442 g/mol. The third-order valence-corrected chi connectivity index (χ3v) is 21.7. The van der Waals surface area contributed by atoms with Crippen LogP contribution in [0.1, 0.15) is 28.6 Å². The Hall–Kier alpha value is -0.400. The Balaban J connectivity index is 0.00000156. The smallest absolute Gasteiger partial charge is 1.00 e. The Bertz CT molecular complexity index is 788. The summed E-state index contributed by atoms with van der Waals surface area (Å²) in [7, 11) is 0. The molecule has 0 saturated carbocycles. The van der Waals surface area contributed by atoms with Gasteiger partial charge in [0.15, 0.2) is 0 Å². The molecule has 0 heterocycles. The van der Waals surface area contributed by atoms with Gasteiger partial charge >= 0.3 is 149 Å². The predicted molar refractivity (Wildman–Crippen MR) is 99.8 cm³/mol. The molecule has 0 spiro atoms. The average Bonchev–Trinajstić information content (AvgIpc) is 2.87. The fourth-order valence-electron chi connectivity index (χ4n) is 3.56. The van der Waals surface area contributed by atoms with Crippen LogP contribution in [0.4, 0.5) is 0 Å². The van der Waals surface area contributed by atoms with Crippen LogP contribution in [-0.4, -0.2) is 5.43 Å². The van der Waals surface area contributed by atoms with Crippen LogP contribution in [0.3, 0.4) is 0 Å². The van der Waals surface area contributed by atoms with Crippen molar-refractivity contribution in [2.45, 2.75) is 30.6 Å². The summed E-state index contributed by atoms with van der Waals surface area (Å²) in [6, 6.07) is 18.2. The molecule has 0 bridgehead atoms. The Morgan fingerprint density at radius 3 is 1.84 bits per heavy atom. The van der Waals surface area contributed by atoms with E-state index in [1.165, 1.54) is 16.7 Å². The third-order valence-electron chi connectivity index (χ3n) is 4.53. The first-order chi connectivity index (χ1) is 11.1. The van der Waals surface area contributed by atoms with E-state index in [1.54, 1.807) is 11.1 Å². The van der Waals surface area contributed by atoms with Gasteiger partial charge in [-0.2, -0.15) is 0 Å². The fourth-order valence-corrected chi connectivity index (χ4v) is 18.7. The summed E-state index contributed by atoms with van der Waals surface area (Å²) in [5, 5.41) is 0. The molecule has 1 aliphatic carbocycles. The van der Waals surface area contributed by atoms with Gasteiger partial charge in [-0.15, -0.1) is 0 Å². The first-order valence-corrected chi connectivity index (χ1v) is 17.3. The number of hydrogen-bond donors (Lipinski definition) is 0. The van der Waals surface area contributed by atoms with E-state index in [2.05, 4.69) is 91.4 Å². The summed E-state index contributed by atoms with van der Waals surface area (Å²) >= 11 is -1.72. The van der Waals surface area contributed by atoms with Crippen LogP contribution < -0.4 is 24.8 Å². The summed E-state index contributed by atoms with van der Waals surface area (Å²) in [6.45, 7) is 9.45. The molecule has 0 saturated heterocycles. The van der Waals surface area contributed by atoms with E-state index in [0.29, 0.717) is 3.63 Å². The number of benzene rings is 2. The molecule has 3 rings (SSSR count). The fraction of sp³-hybridized carbons (Fsp3) is 0.238. The molecule has 0 fully saturated rings. The minimum atomic E-state index is -1.72. The van der Waals surface area contributed by atoms with Crippen molar-refractivity contribution in [3.63, 3.8) is 0 Å². The quantitative estimate of drug-likeness (QED) is 0.445. The summed E-state index contributed by atoms with van der Waals surface area (Å²) in [6.07, 6.45) is 4.44. The van der Waals surface area contributed by atoms with Crippen LogP contribution in [0.15, 0.2) is 70.0 Å². The minimum absolute atomic E-state index is 0. The van der Waals surface area contributed by atoms with Crippen molar-refractivity contribution in [1.82, 2.24) is 0 Å². The molecule has 0 aromatic heterocycles. The van der Waals surface area contributed by atoms with Crippen molar-refractivity contribution >= 4 is 5.43 Å². The van der Waals surface area contributed by atoms with Crippen molar-refractivity contribution < 1.29 is 45.2 Å². The predicted octanol–water partition coefficient (Wildman–Crippen LogP) is 0.114. The van der Waals surface area contributed by atoms with Crippen LogP contribution in [0.25, 0.3) is 11.1 Å².